The lowest BCUT2D eigenvalue weighted by Gasteiger charge is -2.17. The monoisotopic (exact) mass is 404 g/mol. The van der Waals surface area contributed by atoms with Crippen LogP contribution in [-0.2, 0) is 5.75 Å². The normalized spacial score (nSPS) is 16.2. The second-order valence-corrected chi connectivity index (χ2v) is 6.68. The molecule has 1 atom stereocenters. The van der Waals surface area contributed by atoms with Crippen molar-refractivity contribution in [2.24, 2.45) is 11.7 Å². The molecule has 0 spiro atoms. The Hall–Kier alpha value is -1.28. The Morgan fingerprint density at radius 1 is 1.48 bits per heavy atom. The number of aryl methyl sites for hydroxylation is 1. The summed E-state index contributed by atoms with van der Waals surface area (Å²) in [5, 5.41) is 4.70. The van der Waals surface area contributed by atoms with E-state index in [4.69, 9.17) is 10.3 Å². The van der Waals surface area contributed by atoms with Gasteiger partial charge in [-0.15, -0.1) is 24.8 Å². The van der Waals surface area contributed by atoms with E-state index in [2.05, 4.69) is 10.1 Å². The molecule has 0 saturated carbocycles. The summed E-state index contributed by atoms with van der Waals surface area (Å²) in [6.45, 7) is 3.99. The van der Waals surface area contributed by atoms with Crippen LogP contribution in [0.5, 0.6) is 0 Å². The number of nitrogens with zero attached hydrogens (tertiary/aromatic N) is 3. The van der Waals surface area contributed by atoms with Gasteiger partial charge in [0.1, 0.15) is 10.8 Å². The van der Waals surface area contributed by atoms with Gasteiger partial charge in [0.15, 0.2) is 0 Å². The highest BCUT2D eigenvalue weighted by Gasteiger charge is 2.27. The van der Waals surface area contributed by atoms with Crippen LogP contribution >= 0.6 is 36.6 Å². The van der Waals surface area contributed by atoms with E-state index < -0.39 is 0 Å². The second-order valence-electron chi connectivity index (χ2n) is 5.72. The third kappa shape index (κ3) is 5.34. The molecule has 25 heavy (non-hydrogen) atoms. The van der Waals surface area contributed by atoms with Gasteiger partial charge in [-0.25, -0.2) is 4.98 Å². The molecule has 0 radical (unpaired) electrons. The predicted molar refractivity (Wildman–Crippen MR) is 103 cm³/mol. The second kappa shape index (κ2) is 10.0. The topological polar surface area (TPSA) is 85.2 Å². The number of thioether (sulfide) groups is 1. The predicted octanol–water partition coefficient (Wildman–Crippen LogP) is 2.93. The zero-order valence-corrected chi connectivity index (χ0v) is 16.3. The summed E-state index contributed by atoms with van der Waals surface area (Å²) in [5.41, 5.74) is 7.21. The van der Waals surface area contributed by atoms with Gasteiger partial charge in [-0.2, -0.15) is 0 Å². The van der Waals surface area contributed by atoms with E-state index >= 15 is 0 Å². The smallest absolute Gasteiger partial charge is 0.256 e. The summed E-state index contributed by atoms with van der Waals surface area (Å²) in [7, 11) is 0. The number of pyridine rings is 1. The lowest BCUT2D eigenvalue weighted by molar-refractivity contribution is 0.0783. The van der Waals surface area contributed by atoms with Crippen LogP contribution in [0.25, 0.3) is 0 Å². The Morgan fingerprint density at radius 3 is 2.92 bits per heavy atom. The van der Waals surface area contributed by atoms with E-state index in [0.717, 1.165) is 36.0 Å². The van der Waals surface area contributed by atoms with Crippen molar-refractivity contribution in [3.05, 3.63) is 41.4 Å². The van der Waals surface area contributed by atoms with Crippen LogP contribution in [-0.4, -0.2) is 40.6 Å². The van der Waals surface area contributed by atoms with Crippen LogP contribution in [0.2, 0.25) is 0 Å². The number of amides is 1. The molecule has 2 aromatic heterocycles. The van der Waals surface area contributed by atoms with E-state index in [1.54, 1.807) is 12.3 Å². The highest BCUT2D eigenvalue weighted by atomic mass is 35.5. The summed E-state index contributed by atoms with van der Waals surface area (Å²) >= 11 is 1.50. The summed E-state index contributed by atoms with van der Waals surface area (Å²) < 4.78 is 5.07. The van der Waals surface area contributed by atoms with Gasteiger partial charge in [0.2, 0.25) is 0 Å². The minimum Gasteiger partial charge on any atom is -0.361 e. The Balaban J connectivity index is 0.00000156. The fraction of sp³-hybridized carbons (Fsp3) is 0.438. The van der Waals surface area contributed by atoms with Crippen molar-refractivity contribution in [3.8, 4) is 0 Å². The first-order valence-electron chi connectivity index (χ1n) is 7.66. The van der Waals surface area contributed by atoms with Crippen LogP contribution < -0.4 is 5.73 Å². The molecule has 9 heteroatoms. The molecule has 2 N–H and O–H groups in total. The van der Waals surface area contributed by atoms with Gasteiger partial charge in [-0.05, 0) is 37.9 Å². The zero-order chi connectivity index (χ0) is 16.2. The van der Waals surface area contributed by atoms with E-state index in [0.29, 0.717) is 23.8 Å². The maximum Gasteiger partial charge on any atom is 0.256 e. The van der Waals surface area contributed by atoms with Crippen molar-refractivity contribution in [3.63, 3.8) is 0 Å². The van der Waals surface area contributed by atoms with Crippen LogP contribution in [0.4, 0.5) is 0 Å². The lowest BCUT2D eigenvalue weighted by Crippen LogP contribution is -2.30. The molecule has 1 aliphatic rings. The SMILES string of the molecule is Cc1cc(CSc2ncccc2C(=O)N2CCC(CN)C2)no1.Cl.Cl. The molecular weight excluding hydrogens is 383 g/mol. The number of hydrogen-bond acceptors (Lipinski definition) is 6. The van der Waals surface area contributed by atoms with Crippen LogP contribution in [0.1, 0.15) is 28.2 Å². The molecule has 0 bridgehead atoms. The minimum atomic E-state index is 0. The average Bonchev–Trinajstić information content (AvgIpc) is 3.21. The number of halogens is 2. The summed E-state index contributed by atoms with van der Waals surface area (Å²) in [4.78, 5) is 19.0. The maximum atomic E-state index is 12.7. The molecule has 1 saturated heterocycles. The number of aromatic nitrogens is 2. The van der Waals surface area contributed by atoms with Crippen molar-refractivity contribution >= 4 is 42.5 Å². The van der Waals surface area contributed by atoms with E-state index in [1.807, 2.05) is 24.0 Å². The number of rotatable bonds is 5. The van der Waals surface area contributed by atoms with Gasteiger partial charge < -0.3 is 15.2 Å². The Labute approximate surface area is 163 Å². The molecular formula is C16H22Cl2N4O2S. The molecule has 1 unspecified atom stereocenters. The average molecular weight is 405 g/mol. The number of nitrogens with two attached hydrogens (primary N) is 1. The Kier molecular flexibility index (Phi) is 8.71. The van der Waals surface area contributed by atoms with Crippen LogP contribution in [0.3, 0.4) is 0 Å². The molecule has 138 valence electrons. The first-order chi connectivity index (χ1) is 11.2. The van der Waals surface area contributed by atoms with Crippen molar-refractivity contribution in [1.82, 2.24) is 15.0 Å². The van der Waals surface area contributed by atoms with E-state index in [9.17, 15) is 4.79 Å². The van der Waals surface area contributed by atoms with Gasteiger partial charge in [0.25, 0.3) is 5.91 Å². The molecule has 3 rings (SSSR count). The molecule has 6 nitrogen and oxygen atoms in total. The number of likely N-dealkylation sites (tertiary alicyclic amines) is 1. The van der Waals surface area contributed by atoms with Gasteiger partial charge in [-0.3, -0.25) is 4.79 Å². The number of carbonyl (C=O) groups excluding carboxylic acids is 1. The standard InChI is InChI=1S/C16H20N4O2S.2ClH/c1-11-7-13(19-22-11)10-23-15-14(3-2-5-18-15)16(21)20-6-4-12(8-17)9-20;;/h2-3,5,7,12H,4,6,8-10,17H2,1H3;2*1H. The third-order valence-corrected chi connectivity index (χ3v) is 4.98. The van der Waals surface area contributed by atoms with Crippen molar-refractivity contribution in [2.75, 3.05) is 19.6 Å². The molecule has 1 fully saturated rings. The lowest BCUT2D eigenvalue weighted by atomic mass is 10.1. The first-order valence-corrected chi connectivity index (χ1v) is 8.65. The van der Waals surface area contributed by atoms with Gasteiger partial charge >= 0.3 is 0 Å². The fourth-order valence-corrected chi connectivity index (χ4v) is 3.54. The molecule has 2 aromatic rings. The van der Waals surface area contributed by atoms with Crippen LogP contribution in [0.15, 0.2) is 33.9 Å². The van der Waals surface area contributed by atoms with Crippen LogP contribution in [0, 0.1) is 12.8 Å². The first kappa shape index (κ1) is 21.8. The molecule has 0 aromatic carbocycles. The zero-order valence-electron chi connectivity index (χ0n) is 13.9. The number of carbonyl (C=O) groups is 1. The highest BCUT2D eigenvalue weighted by Crippen LogP contribution is 2.26. The van der Waals surface area contributed by atoms with E-state index in [1.165, 1.54) is 11.8 Å². The Morgan fingerprint density at radius 2 is 2.28 bits per heavy atom. The van der Waals surface area contributed by atoms with Crippen molar-refractivity contribution in [1.29, 1.82) is 0 Å². The minimum absolute atomic E-state index is 0. The maximum absolute atomic E-state index is 12.7. The third-order valence-electron chi connectivity index (χ3n) is 3.94. The molecule has 1 amide bonds. The summed E-state index contributed by atoms with van der Waals surface area (Å²) in [5.74, 6) is 1.85. The van der Waals surface area contributed by atoms with Gasteiger partial charge in [0.05, 0.1) is 11.3 Å². The Bertz CT molecular complexity index is 698. The largest absolute Gasteiger partial charge is 0.361 e. The quantitative estimate of drug-likeness (QED) is 0.770. The summed E-state index contributed by atoms with van der Waals surface area (Å²) in [6, 6.07) is 5.53. The molecule has 0 aliphatic carbocycles. The number of hydrogen-bond donors (Lipinski definition) is 1. The van der Waals surface area contributed by atoms with E-state index in [-0.39, 0.29) is 30.7 Å². The van der Waals surface area contributed by atoms with Crippen molar-refractivity contribution < 1.29 is 9.32 Å². The molecule has 3 heterocycles. The van der Waals surface area contributed by atoms with Gasteiger partial charge in [-0.1, -0.05) is 16.9 Å². The molecule has 1 aliphatic heterocycles. The highest BCUT2D eigenvalue weighted by molar-refractivity contribution is 7.98. The fourth-order valence-electron chi connectivity index (χ4n) is 2.68. The van der Waals surface area contributed by atoms with Gasteiger partial charge in [0, 0.05) is 31.1 Å². The van der Waals surface area contributed by atoms with Crippen molar-refractivity contribution in [2.45, 2.75) is 24.1 Å². The summed E-state index contributed by atoms with van der Waals surface area (Å²) in [6.07, 6.45) is 2.68.